The minimum absolute atomic E-state index is 0.0177. The summed E-state index contributed by atoms with van der Waals surface area (Å²) in [4.78, 5) is 10.4. The first-order valence-electron chi connectivity index (χ1n) is 9.65. The van der Waals surface area contributed by atoms with Gasteiger partial charge < -0.3 is 20.4 Å². The number of aliphatic hydroxyl groups is 3. The van der Waals surface area contributed by atoms with Crippen LogP contribution < -0.4 is 0 Å². The van der Waals surface area contributed by atoms with Gasteiger partial charge in [0.1, 0.15) is 0 Å². The van der Waals surface area contributed by atoms with Crippen molar-refractivity contribution in [2.75, 3.05) is 0 Å². The van der Waals surface area contributed by atoms with Crippen molar-refractivity contribution in [2.24, 2.45) is 5.41 Å². The van der Waals surface area contributed by atoms with Crippen molar-refractivity contribution < 1.29 is 25.2 Å². The smallest absolute Gasteiger partial charge is 0.303 e. The highest BCUT2D eigenvalue weighted by Gasteiger charge is 2.24. The second kappa shape index (κ2) is 14.4. The molecule has 0 spiro atoms. The van der Waals surface area contributed by atoms with Crippen LogP contribution in [0.5, 0.6) is 0 Å². The molecule has 0 aliphatic rings. The number of rotatable bonds is 14. The highest BCUT2D eigenvalue weighted by molar-refractivity contribution is 5.66. The molecule has 0 aliphatic carbocycles. The molecule has 5 nitrogen and oxygen atoms in total. The SMILES string of the molecule is CCCCC(C)(C)[C@H](O)C=CC=CC=CC=C[C@@H](O)[C@@H](O)CCCC(=O)O. The molecule has 27 heavy (non-hydrogen) atoms. The van der Waals surface area contributed by atoms with E-state index >= 15 is 0 Å². The normalized spacial score (nSPS) is 16.7. The minimum Gasteiger partial charge on any atom is -0.481 e. The van der Waals surface area contributed by atoms with Crippen LogP contribution in [0.1, 0.15) is 59.3 Å². The third-order valence-corrected chi connectivity index (χ3v) is 4.42. The van der Waals surface area contributed by atoms with E-state index in [4.69, 9.17) is 5.11 Å². The molecule has 0 aromatic rings. The van der Waals surface area contributed by atoms with Gasteiger partial charge in [0.25, 0.3) is 0 Å². The van der Waals surface area contributed by atoms with Crippen LogP contribution in [0.25, 0.3) is 0 Å². The van der Waals surface area contributed by atoms with Gasteiger partial charge in [-0.1, -0.05) is 82.2 Å². The number of unbranched alkanes of at least 4 members (excludes halogenated alkanes) is 1. The Hall–Kier alpha value is -1.69. The standard InChI is InChI=1S/C22H36O5/c1-4-5-17-22(2,3)20(25)15-11-9-7-6-8-10-13-18(23)19(24)14-12-16-21(26)27/h6-11,13,15,18-20,23-25H,4-5,12,14,16-17H2,1-3H3,(H,26,27)/t18-,19+,20-/m1/s1. The van der Waals surface area contributed by atoms with Gasteiger partial charge in [0.2, 0.25) is 0 Å². The summed E-state index contributed by atoms with van der Waals surface area (Å²) in [7, 11) is 0. The van der Waals surface area contributed by atoms with E-state index in [2.05, 4.69) is 20.8 Å². The van der Waals surface area contributed by atoms with Crippen LogP contribution in [-0.2, 0) is 4.79 Å². The number of allylic oxidation sites excluding steroid dienone is 6. The van der Waals surface area contributed by atoms with Gasteiger partial charge in [0.05, 0.1) is 18.3 Å². The first-order chi connectivity index (χ1) is 12.7. The van der Waals surface area contributed by atoms with Crippen molar-refractivity contribution in [3.8, 4) is 0 Å². The van der Waals surface area contributed by atoms with Crippen LogP contribution in [0, 0.1) is 5.41 Å². The van der Waals surface area contributed by atoms with Gasteiger partial charge in [0.15, 0.2) is 0 Å². The molecule has 0 saturated heterocycles. The van der Waals surface area contributed by atoms with E-state index in [1.165, 1.54) is 6.08 Å². The fourth-order valence-corrected chi connectivity index (χ4v) is 2.41. The van der Waals surface area contributed by atoms with Gasteiger partial charge in [-0.3, -0.25) is 4.79 Å². The Kier molecular flexibility index (Phi) is 13.5. The Balaban J connectivity index is 4.22. The molecule has 0 heterocycles. The van der Waals surface area contributed by atoms with E-state index in [9.17, 15) is 20.1 Å². The highest BCUT2D eigenvalue weighted by Crippen LogP contribution is 2.28. The molecule has 4 N–H and O–H groups in total. The number of carboxylic acid groups (broad SMARTS) is 1. The first kappa shape index (κ1) is 25.3. The highest BCUT2D eigenvalue weighted by atomic mass is 16.4. The van der Waals surface area contributed by atoms with Gasteiger partial charge >= 0.3 is 5.97 Å². The molecule has 0 rings (SSSR count). The van der Waals surface area contributed by atoms with Crippen molar-refractivity contribution in [2.45, 2.75) is 77.6 Å². The topological polar surface area (TPSA) is 98.0 Å². The van der Waals surface area contributed by atoms with Crippen LogP contribution in [-0.4, -0.2) is 44.7 Å². The molecule has 0 radical (unpaired) electrons. The number of aliphatic hydroxyl groups excluding tert-OH is 3. The molecule has 0 unspecified atom stereocenters. The fourth-order valence-electron chi connectivity index (χ4n) is 2.41. The molecule has 154 valence electrons. The Morgan fingerprint density at radius 2 is 1.48 bits per heavy atom. The zero-order chi connectivity index (χ0) is 20.7. The number of carbonyl (C=O) groups is 1. The predicted octanol–water partition coefficient (Wildman–Crippen LogP) is 3.77. The van der Waals surface area contributed by atoms with Crippen LogP contribution in [0.4, 0.5) is 0 Å². The summed E-state index contributed by atoms with van der Waals surface area (Å²) in [6.07, 6.45) is 15.1. The number of aliphatic carboxylic acids is 1. The molecular formula is C22H36O5. The predicted molar refractivity (Wildman–Crippen MR) is 109 cm³/mol. The molecular weight excluding hydrogens is 344 g/mol. The van der Waals surface area contributed by atoms with Crippen molar-refractivity contribution >= 4 is 5.97 Å². The molecule has 0 amide bonds. The summed E-state index contributed by atoms with van der Waals surface area (Å²) >= 11 is 0. The minimum atomic E-state index is -1.02. The molecule has 3 atom stereocenters. The van der Waals surface area contributed by atoms with Crippen molar-refractivity contribution in [1.82, 2.24) is 0 Å². The second-order valence-electron chi connectivity index (χ2n) is 7.42. The summed E-state index contributed by atoms with van der Waals surface area (Å²) in [6, 6.07) is 0. The lowest BCUT2D eigenvalue weighted by molar-refractivity contribution is -0.137. The van der Waals surface area contributed by atoms with Crippen molar-refractivity contribution in [1.29, 1.82) is 0 Å². The first-order valence-corrected chi connectivity index (χ1v) is 9.65. The van der Waals surface area contributed by atoms with Crippen LogP contribution in [0.15, 0.2) is 48.6 Å². The Bertz CT molecular complexity index is 517. The molecule has 0 aromatic carbocycles. The van der Waals surface area contributed by atoms with E-state index in [1.807, 2.05) is 18.2 Å². The van der Waals surface area contributed by atoms with Crippen molar-refractivity contribution in [3.05, 3.63) is 48.6 Å². The van der Waals surface area contributed by atoms with E-state index in [0.29, 0.717) is 6.42 Å². The zero-order valence-corrected chi connectivity index (χ0v) is 16.8. The summed E-state index contributed by atoms with van der Waals surface area (Å²) < 4.78 is 0. The van der Waals surface area contributed by atoms with Crippen LogP contribution in [0.2, 0.25) is 0 Å². The number of hydrogen-bond acceptors (Lipinski definition) is 4. The molecule has 0 aromatic heterocycles. The maximum absolute atomic E-state index is 10.4. The zero-order valence-electron chi connectivity index (χ0n) is 16.8. The van der Waals surface area contributed by atoms with Crippen LogP contribution in [0.3, 0.4) is 0 Å². The van der Waals surface area contributed by atoms with E-state index in [1.54, 1.807) is 24.3 Å². The van der Waals surface area contributed by atoms with Gasteiger partial charge in [0, 0.05) is 6.42 Å². The largest absolute Gasteiger partial charge is 0.481 e. The lowest BCUT2D eigenvalue weighted by atomic mass is 9.81. The lowest BCUT2D eigenvalue weighted by Crippen LogP contribution is -2.27. The molecule has 0 saturated carbocycles. The molecule has 5 heteroatoms. The van der Waals surface area contributed by atoms with E-state index < -0.39 is 24.3 Å². The number of hydrogen-bond donors (Lipinski definition) is 4. The van der Waals surface area contributed by atoms with Gasteiger partial charge in [-0.2, -0.15) is 0 Å². The maximum atomic E-state index is 10.4. The maximum Gasteiger partial charge on any atom is 0.303 e. The molecule has 0 bridgehead atoms. The Labute approximate surface area is 163 Å². The van der Waals surface area contributed by atoms with Gasteiger partial charge in [-0.25, -0.2) is 0 Å². The van der Waals surface area contributed by atoms with Crippen molar-refractivity contribution in [3.63, 3.8) is 0 Å². The Morgan fingerprint density at radius 1 is 0.926 bits per heavy atom. The second-order valence-corrected chi connectivity index (χ2v) is 7.42. The monoisotopic (exact) mass is 380 g/mol. The molecule has 0 fully saturated rings. The number of carboxylic acids is 1. The summed E-state index contributed by atoms with van der Waals surface area (Å²) in [6.45, 7) is 6.27. The summed E-state index contributed by atoms with van der Waals surface area (Å²) in [5, 5.41) is 38.2. The molecule has 0 aliphatic heterocycles. The van der Waals surface area contributed by atoms with E-state index in [0.717, 1.165) is 19.3 Å². The van der Waals surface area contributed by atoms with Gasteiger partial charge in [-0.15, -0.1) is 0 Å². The third-order valence-electron chi connectivity index (χ3n) is 4.42. The lowest BCUT2D eigenvalue weighted by Gasteiger charge is -2.28. The van der Waals surface area contributed by atoms with E-state index in [-0.39, 0.29) is 18.3 Å². The fraction of sp³-hybridized carbons (Fsp3) is 0.591. The Morgan fingerprint density at radius 3 is 2.04 bits per heavy atom. The average molecular weight is 381 g/mol. The average Bonchev–Trinajstić information content (AvgIpc) is 2.61. The quantitative estimate of drug-likeness (QED) is 0.344. The third kappa shape index (κ3) is 13.2. The van der Waals surface area contributed by atoms with Crippen LogP contribution >= 0.6 is 0 Å². The van der Waals surface area contributed by atoms with Gasteiger partial charge in [-0.05, 0) is 24.7 Å². The summed E-state index contributed by atoms with van der Waals surface area (Å²) in [5.74, 6) is -0.909. The summed E-state index contributed by atoms with van der Waals surface area (Å²) in [5.41, 5.74) is -0.139.